The number of benzene rings is 1. The Hall–Kier alpha value is -2.37. The summed E-state index contributed by atoms with van der Waals surface area (Å²) in [4.78, 5) is 33.6. The monoisotopic (exact) mass is 278 g/mol. The summed E-state index contributed by atoms with van der Waals surface area (Å²) in [6.07, 6.45) is 0.0369. The van der Waals surface area contributed by atoms with Crippen molar-refractivity contribution in [1.29, 1.82) is 0 Å². The van der Waals surface area contributed by atoms with Gasteiger partial charge in [-0.15, -0.1) is 0 Å². The predicted molar refractivity (Wildman–Crippen MR) is 73.0 cm³/mol. The molecule has 0 fully saturated rings. The molecule has 1 aromatic carbocycles. The summed E-state index contributed by atoms with van der Waals surface area (Å²) in [5.74, 6) is -1.78. The van der Waals surface area contributed by atoms with Crippen LogP contribution in [0, 0.1) is 6.92 Å². The summed E-state index contributed by atoms with van der Waals surface area (Å²) in [5.41, 5.74) is 1.44. The zero-order valence-electron chi connectivity index (χ0n) is 11.5. The minimum atomic E-state index is -1.12. The molecule has 0 radical (unpaired) electrons. The molecule has 20 heavy (non-hydrogen) atoms. The number of carbonyl (C=O) groups is 3. The highest BCUT2D eigenvalue weighted by molar-refractivity contribution is 5.85. The van der Waals surface area contributed by atoms with Gasteiger partial charge in [-0.25, -0.2) is 4.79 Å². The number of aliphatic carboxylic acids is 1. The Bertz CT molecular complexity index is 514. The Morgan fingerprint density at radius 3 is 2.55 bits per heavy atom. The van der Waals surface area contributed by atoms with E-state index in [-0.39, 0.29) is 18.9 Å². The number of carboxylic acids is 1. The van der Waals surface area contributed by atoms with E-state index in [1.165, 1.54) is 6.92 Å². The third-order valence-electron chi connectivity index (χ3n) is 2.65. The molecule has 0 aliphatic rings. The van der Waals surface area contributed by atoms with E-state index in [2.05, 4.69) is 10.6 Å². The van der Waals surface area contributed by atoms with Crippen LogP contribution in [0.15, 0.2) is 24.3 Å². The second-order valence-corrected chi connectivity index (χ2v) is 4.49. The normalized spacial score (nSPS) is 11.5. The molecule has 0 aliphatic heterocycles. The molecule has 1 rings (SSSR count). The first-order chi connectivity index (χ1) is 9.40. The van der Waals surface area contributed by atoms with Crippen LogP contribution in [-0.4, -0.2) is 29.4 Å². The molecule has 1 atom stereocenters. The first-order valence-electron chi connectivity index (χ1n) is 6.23. The second kappa shape index (κ2) is 7.28. The lowest BCUT2D eigenvalue weighted by molar-refractivity contribution is -0.142. The fourth-order valence-electron chi connectivity index (χ4n) is 1.72. The molecule has 2 amide bonds. The molecule has 0 aliphatic carbocycles. The van der Waals surface area contributed by atoms with E-state index in [0.29, 0.717) is 5.56 Å². The topological polar surface area (TPSA) is 95.5 Å². The first kappa shape index (κ1) is 15.7. The van der Waals surface area contributed by atoms with Gasteiger partial charge < -0.3 is 15.7 Å². The summed E-state index contributed by atoms with van der Waals surface area (Å²) in [6, 6.07) is 5.87. The molecule has 0 saturated heterocycles. The first-order valence-corrected chi connectivity index (χ1v) is 6.23. The molecule has 0 saturated carbocycles. The highest BCUT2D eigenvalue weighted by Crippen LogP contribution is 2.15. The van der Waals surface area contributed by atoms with E-state index in [1.807, 2.05) is 13.0 Å². The number of hydrogen-bond donors (Lipinski definition) is 3. The van der Waals surface area contributed by atoms with Crippen molar-refractivity contribution in [2.75, 3.05) is 6.54 Å². The molecule has 0 spiro atoms. The Kier molecular flexibility index (Phi) is 5.71. The van der Waals surface area contributed by atoms with Crippen LogP contribution in [0.1, 0.15) is 30.5 Å². The summed E-state index contributed by atoms with van der Waals surface area (Å²) >= 11 is 0. The number of nitrogens with one attached hydrogen (secondary N) is 2. The largest absolute Gasteiger partial charge is 0.479 e. The number of aryl methyl sites for hydroxylation is 1. The molecule has 108 valence electrons. The highest BCUT2D eigenvalue weighted by Gasteiger charge is 2.21. The average Bonchev–Trinajstić information content (AvgIpc) is 2.35. The highest BCUT2D eigenvalue weighted by atomic mass is 16.4. The van der Waals surface area contributed by atoms with Gasteiger partial charge in [-0.05, 0) is 12.5 Å². The summed E-state index contributed by atoms with van der Waals surface area (Å²) < 4.78 is 0. The van der Waals surface area contributed by atoms with Crippen LogP contribution in [0.25, 0.3) is 0 Å². The van der Waals surface area contributed by atoms with Crippen molar-refractivity contribution in [3.63, 3.8) is 0 Å². The van der Waals surface area contributed by atoms with Crippen LogP contribution in [0.3, 0.4) is 0 Å². The Labute approximate surface area is 117 Å². The van der Waals surface area contributed by atoms with Gasteiger partial charge in [0.2, 0.25) is 11.8 Å². The standard InChI is InChI=1S/C14H18N2O4/c1-9-4-3-5-11(8-9)13(14(19)20)16-12(18)6-7-15-10(2)17/h3-5,8,13H,6-7H2,1-2H3,(H,15,17)(H,16,18)(H,19,20)/t13-/m1/s1. The second-order valence-electron chi connectivity index (χ2n) is 4.49. The van der Waals surface area contributed by atoms with Gasteiger partial charge in [0.15, 0.2) is 6.04 Å². The fraction of sp³-hybridized carbons (Fsp3) is 0.357. The Morgan fingerprint density at radius 1 is 1.30 bits per heavy atom. The quantitative estimate of drug-likeness (QED) is 0.716. The summed E-state index contributed by atoms with van der Waals surface area (Å²) in [6.45, 7) is 3.38. The van der Waals surface area contributed by atoms with Crippen molar-refractivity contribution in [3.8, 4) is 0 Å². The van der Waals surface area contributed by atoms with Gasteiger partial charge in [0.25, 0.3) is 0 Å². The number of carbonyl (C=O) groups excluding carboxylic acids is 2. The van der Waals surface area contributed by atoms with Crippen molar-refractivity contribution in [3.05, 3.63) is 35.4 Å². The molecule has 6 heteroatoms. The maximum absolute atomic E-state index is 11.7. The molecular weight excluding hydrogens is 260 g/mol. The lowest BCUT2D eigenvalue weighted by Crippen LogP contribution is -2.35. The minimum Gasteiger partial charge on any atom is -0.479 e. The Balaban J connectivity index is 2.66. The lowest BCUT2D eigenvalue weighted by atomic mass is 10.0. The molecule has 0 heterocycles. The molecule has 0 aromatic heterocycles. The average molecular weight is 278 g/mol. The molecule has 0 unspecified atom stereocenters. The zero-order valence-corrected chi connectivity index (χ0v) is 11.5. The summed E-state index contributed by atoms with van der Waals surface area (Å²) in [7, 11) is 0. The Morgan fingerprint density at radius 2 is 2.00 bits per heavy atom. The maximum atomic E-state index is 11.7. The smallest absolute Gasteiger partial charge is 0.330 e. The van der Waals surface area contributed by atoms with Crippen molar-refractivity contribution in [2.24, 2.45) is 0 Å². The van der Waals surface area contributed by atoms with E-state index >= 15 is 0 Å². The summed E-state index contributed by atoms with van der Waals surface area (Å²) in [5, 5.41) is 14.1. The molecule has 0 bridgehead atoms. The van der Waals surface area contributed by atoms with E-state index < -0.39 is 17.9 Å². The SMILES string of the molecule is CC(=O)NCCC(=O)N[C@@H](C(=O)O)c1cccc(C)c1. The molecular formula is C14H18N2O4. The molecule has 6 nitrogen and oxygen atoms in total. The van der Waals surface area contributed by atoms with Crippen LogP contribution in [0.4, 0.5) is 0 Å². The van der Waals surface area contributed by atoms with Crippen LogP contribution in [-0.2, 0) is 14.4 Å². The van der Waals surface area contributed by atoms with Crippen molar-refractivity contribution >= 4 is 17.8 Å². The van der Waals surface area contributed by atoms with E-state index in [1.54, 1.807) is 18.2 Å². The predicted octanol–water partition coefficient (Wildman–Crippen LogP) is 0.763. The van der Waals surface area contributed by atoms with E-state index in [0.717, 1.165) is 5.56 Å². The van der Waals surface area contributed by atoms with Crippen molar-refractivity contribution in [1.82, 2.24) is 10.6 Å². The van der Waals surface area contributed by atoms with Crippen molar-refractivity contribution < 1.29 is 19.5 Å². The van der Waals surface area contributed by atoms with Gasteiger partial charge >= 0.3 is 5.97 Å². The van der Waals surface area contributed by atoms with Gasteiger partial charge in [-0.3, -0.25) is 9.59 Å². The number of hydrogen-bond acceptors (Lipinski definition) is 3. The third-order valence-corrected chi connectivity index (χ3v) is 2.65. The fourth-order valence-corrected chi connectivity index (χ4v) is 1.72. The van der Waals surface area contributed by atoms with E-state index in [9.17, 15) is 19.5 Å². The van der Waals surface area contributed by atoms with Gasteiger partial charge in [0, 0.05) is 19.9 Å². The minimum absolute atomic E-state index is 0.0369. The van der Waals surface area contributed by atoms with E-state index in [4.69, 9.17) is 0 Å². The molecule has 3 N–H and O–H groups in total. The maximum Gasteiger partial charge on any atom is 0.330 e. The number of rotatable bonds is 6. The molecule has 1 aromatic rings. The van der Waals surface area contributed by atoms with Crippen LogP contribution < -0.4 is 10.6 Å². The van der Waals surface area contributed by atoms with Gasteiger partial charge in [-0.2, -0.15) is 0 Å². The van der Waals surface area contributed by atoms with Crippen molar-refractivity contribution in [2.45, 2.75) is 26.3 Å². The van der Waals surface area contributed by atoms with Crippen LogP contribution in [0.5, 0.6) is 0 Å². The number of carboxylic acid groups (broad SMARTS) is 1. The lowest BCUT2D eigenvalue weighted by Gasteiger charge is -2.15. The zero-order chi connectivity index (χ0) is 15.1. The third kappa shape index (κ3) is 5.09. The van der Waals surface area contributed by atoms with Gasteiger partial charge in [-0.1, -0.05) is 29.8 Å². The van der Waals surface area contributed by atoms with Gasteiger partial charge in [0.05, 0.1) is 0 Å². The van der Waals surface area contributed by atoms with Gasteiger partial charge in [0.1, 0.15) is 0 Å². The van der Waals surface area contributed by atoms with Crippen LogP contribution >= 0.6 is 0 Å². The van der Waals surface area contributed by atoms with Crippen LogP contribution in [0.2, 0.25) is 0 Å². The number of amides is 2.